The highest BCUT2D eigenvalue weighted by Crippen LogP contribution is 2.25. The van der Waals surface area contributed by atoms with Crippen molar-refractivity contribution < 1.29 is 5.11 Å². The number of rotatable bonds is 2. The van der Waals surface area contributed by atoms with Gasteiger partial charge in [0, 0.05) is 19.6 Å². The molecule has 0 aromatic rings. The van der Waals surface area contributed by atoms with E-state index in [1.54, 1.807) is 0 Å². The van der Waals surface area contributed by atoms with E-state index in [1.165, 1.54) is 26.2 Å². The molecule has 3 nitrogen and oxygen atoms in total. The van der Waals surface area contributed by atoms with Gasteiger partial charge in [-0.15, -0.1) is 0 Å². The zero-order chi connectivity index (χ0) is 8.55. The van der Waals surface area contributed by atoms with E-state index in [2.05, 4.69) is 10.2 Å². The Bertz CT molecular complexity index is 149. The van der Waals surface area contributed by atoms with Gasteiger partial charge in [0.05, 0.1) is 6.10 Å². The van der Waals surface area contributed by atoms with Crippen molar-refractivity contribution in [3.05, 3.63) is 0 Å². The Balaban J connectivity index is 1.82. The molecule has 3 atom stereocenters. The number of aliphatic hydroxyl groups excluding tert-OH is 1. The maximum Gasteiger partial charge on any atom is 0.0639 e. The summed E-state index contributed by atoms with van der Waals surface area (Å²) in [5.41, 5.74) is 0. The van der Waals surface area contributed by atoms with Crippen LogP contribution in [0.4, 0.5) is 0 Å². The molecule has 2 aliphatic heterocycles. The Labute approximate surface area is 73.8 Å². The molecule has 1 unspecified atom stereocenters. The molecule has 0 amide bonds. The highest BCUT2D eigenvalue weighted by Gasteiger charge is 2.35. The lowest BCUT2D eigenvalue weighted by Crippen LogP contribution is -2.31. The molecular weight excluding hydrogens is 152 g/mol. The molecule has 2 N–H and O–H groups in total. The van der Waals surface area contributed by atoms with E-state index in [-0.39, 0.29) is 6.10 Å². The van der Waals surface area contributed by atoms with E-state index in [1.807, 2.05) is 6.92 Å². The first-order chi connectivity index (χ1) is 5.75. The lowest BCUT2D eigenvalue weighted by Gasteiger charge is -2.18. The number of likely N-dealkylation sites (tertiary alicyclic amines) is 1. The molecule has 0 aromatic heterocycles. The van der Waals surface area contributed by atoms with Crippen LogP contribution in [-0.4, -0.2) is 48.8 Å². The van der Waals surface area contributed by atoms with Crippen LogP contribution in [0.15, 0.2) is 0 Å². The van der Waals surface area contributed by atoms with E-state index in [9.17, 15) is 5.11 Å². The smallest absolute Gasteiger partial charge is 0.0639 e. The Morgan fingerprint density at radius 3 is 2.50 bits per heavy atom. The lowest BCUT2D eigenvalue weighted by molar-refractivity contribution is 0.136. The Morgan fingerprint density at radius 2 is 2.00 bits per heavy atom. The van der Waals surface area contributed by atoms with Crippen LogP contribution >= 0.6 is 0 Å². The van der Waals surface area contributed by atoms with Gasteiger partial charge in [-0.05, 0) is 31.8 Å². The molecule has 2 saturated heterocycles. The van der Waals surface area contributed by atoms with Crippen LogP contribution in [-0.2, 0) is 0 Å². The van der Waals surface area contributed by atoms with Gasteiger partial charge in [0.15, 0.2) is 0 Å². The first-order valence-corrected chi connectivity index (χ1v) is 4.87. The van der Waals surface area contributed by atoms with Crippen LogP contribution in [0.2, 0.25) is 0 Å². The predicted molar refractivity (Wildman–Crippen MR) is 48.0 cm³/mol. The van der Waals surface area contributed by atoms with Gasteiger partial charge in [-0.2, -0.15) is 0 Å². The van der Waals surface area contributed by atoms with Crippen molar-refractivity contribution in [3.63, 3.8) is 0 Å². The van der Waals surface area contributed by atoms with Crippen LogP contribution in [0.25, 0.3) is 0 Å². The molecular formula is C9H18N2O. The fourth-order valence-electron chi connectivity index (χ4n) is 2.48. The molecule has 12 heavy (non-hydrogen) atoms. The fraction of sp³-hybridized carbons (Fsp3) is 1.00. The third-order valence-electron chi connectivity index (χ3n) is 2.99. The molecule has 0 spiro atoms. The minimum absolute atomic E-state index is 0.170. The van der Waals surface area contributed by atoms with Crippen molar-refractivity contribution in [2.24, 2.45) is 11.8 Å². The maximum absolute atomic E-state index is 9.22. The van der Waals surface area contributed by atoms with Crippen LogP contribution in [0.1, 0.15) is 6.92 Å². The molecule has 2 aliphatic rings. The monoisotopic (exact) mass is 170 g/mol. The van der Waals surface area contributed by atoms with Gasteiger partial charge in [-0.3, -0.25) is 0 Å². The third-order valence-corrected chi connectivity index (χ3v) is 2.99. The Morgan fingerprint density at radius 1 is 1.42 bits per heavy atom. The highest BCUT2D eigenvalue weighted by molar-refractivity contribution is 4.91. The van der Waals surface area contributed by atoms with Crippen LogP contribution in [0.3, 0.4) is 0 Å². The van der Waals surface area contributed by atoms with E-state index in [0.29, 0.717) is 0 Å². The van der Waals surface area contributed by atoms with Crippen molar-refractivity contribution in [2.45, 2.75) is 13.0 Å². The summed E-state index contributed by atoms with van der Waals surface area (Å²) in [7, 11) is 0. The molecule has 2 heterocycles. The van der Waals surface area contributed by atoms with Gasteiger partial charge in [0.25, 0.3) is 0 Å². The van der Waals surface area contributed by atoms with E-state index in [0.717, 1.165) is 18.4 Å². The number of hydrogen-bond donors (Lipinski definition) is 2. The van der Waals surface area contributed by atoms with Gasteiger partial charge in [0.2, 0.25) is 0 Å². The number of fused-ring (bicyclic) bond motifs is 1. The SMILES string of the molecule is CC(O)CN1C[C@H]2CNC[C@H]2C1. The zero-order valence-corrected chi connectivity index (χ0v) is 7.66. The molecule has 0 aromatic carbocycles. The molecule has 70 valence electrons. The topological polar surface area (TPSA) is 35.5 Å². The second-order valence-electron chi connectivity index (χ2n) is 4.25. The lowest BCUT2D eigenvalue weighted by atomic mass is 10.0. The molecule has 2 fully saturated rings. The molecule has 0 radical (unpaired) electrons. The van der Waals surface area contributed by atoms with Crippen molar-refractivity contribution in [1.29, 1.82) is 0 Å². The summed E-state index contributed by atoms with van der Waals surface area (Å²) in [6.07, 6.45) is -0.170. The normalized spacial score (nSPS) is 38.5. The molecule has 3 heteroatoms. The van der Waals surface area contributed by atoms with Gasteiger partial charge in [0.1, 0.15) is 0 Å². The summed E-state index contributed by atoms with van der Waals surface area (Å²) in [6.45, 7) is 7.45. The fourth-order valence-corrected chi connectivity index (χ4v) is 2.48. The maximum atomic E-state index is 9.22. The summed E-state index contributed by atoms with van der Waals surface area (Å²) in [5, 5.41) is 12.6. The van der Waals surface area contributed by atoms with E-state index < -0.39 is 0 Å². The number of hydrogen-bond acceptors (Lipinski definition) is 3. The number of nitrogens with one attached hydrogen (secondary N) is 1. The van der Waals surface area contributed by atoms with Crippen molar-refractivity contribution in [2.75, 3.05) is 32.7 Å². The van der Waals surface area contributed by atoms with Crippen molar-refractivity contribution in [3.8, 4) is 0 Å². The minimum atomic E-state index is -0.170. The number of nitrogens with zero attached hydrogens (tertiary/aromatic N) is 1. The summed E-state index contributed by atoms with van der Waals surface area (Å²) in [5.74, 6) is 1.70. The summed E-state index contributed by atoms with van der Waals surface area (Å²) in [6, 6.07) is 0. The summed E-state index contributed by atoms with van der Waals surface area (Å²) in [4.78, 5) is 2.39. The summed E-state index contributed by atoms with van der Waals surface area (Å²) >= 11 is 0. The Hall–Kier alpha value is -0.120. The second-order valence-corrected chi connectivity index (χ2v) is 4.25. The van der Waals surface area contributed by atoms with E-state index >= 15 is 0 Å². The first-order valence-electron chi connectivity index (χ1n) is 4.87. The number of β-amino-alcohol motifs (C(OH)–C–C–N with tert-alkyl or cyclic N) is 1. The minimum Gasteiger partial charge on any atom is -0.392 e. The average Bonchev–Trinajstić information content (AvgIpc) is 2.43. The van der Waals surface area contributed by atoms with Crippen LogP contribution < -0.4 is 5.32 Å². The van der Waals surface area contributed by atoms with Crippen LogP contribution in [0, 0.1) is 11.8 Å². The number of aliphatic hydroxyl groups is 1. The molecule has 2 rings (SSSR count). The Kier molecular flexibility index (Phi) is 2.35. The van der Waals surface area contributed by atoms with Crippen molar-refractivity contribution in [1.82, 2.24) is 10.2 Å². The largest absolute Gasteiger partial charge is 0.392 e. The quantitative estimate of drug-likeness (QED) is 0.587. The standard InChI is InChI=1S/C9H18N2O/c1-7(12)4-11-5-8-2-10-3-9(8)6-11/h7-10,12H,2-6H2,1H3/t7?,8-,9+. The van der Waals surface area contributed by atoms with Gasteiger partial charge >= 0.3 is 0 Å². The van der Waals surface area contributed by atoms with Crippen molar-refractivity contribution >= 4 is 0 Å². The highest BCUT2D eigenvalue weighted by atomic mass is 16.3. The molecule has 0 aliphatic carbocycles. The molecule has 0 bridgehead atoms. The average molecular weight is 170 g/mol. The predicted octanol–water partition coefficient (Wildman–Crippen LogP) is -0.482. The van der Waals surface area contributed by atoms with Gasteiger partial charge < -0.3 is 15.3 Å². The van der Waals surface area contributed by atoms with Crippen LogP contribution in [0.5, 0.6) is 0 Å². The van der Waals surface area contributed by atoms with E-state index in [4.69, 9.17) is 0 Å². The second kappa shape index (κ2) is 3.32. The summed E-state index contributed by atoms with van der Waals surface area (Å²) < 4.78 is 0. The third kappa shape index (κ3) is 1.63. The first kappa shape index (κ1) is 8.48. The van der Waals surface area contributed by atoms with Gasteiger partial charge in [-0.25, -0.2) is 0 Å². The van der Waals surface area contributed by atoms with Gasteiger partial charge in [-0.1, -0.05) is 0 Å². The zero-order valence-electron chi connectivity index (χ0n) is 7.66. The molecule has 0 saturated carbocycles.